The minimum Gasteiger partial charge on any atom is -0.508 e. The predicted octanol–water partition coefficient (Wildman–Crippen LogP) is 4.39. The molecule has 0 saturated heterocycles. The summed E-state index contributed by atoms with van der Waals surface area (Å²) in [5.41, 5.74) is 3.04. The Bertz CT molecular complexity index is 1090. The molecule has 2 N–H and O–H groups in total. The fraction of sp³-hybridized carbons (Fsp3) is 0.143. The van der Waals surface area contributed by atoms with Crippen LogP contribution in [0, 0.1) is 0 Å². The molecule has 7 heteroatoms. The van der Waals surface area contributed by atoms with E-state index in [1.807, 2.05) is 29.3 Å². The van der Waals surface area contributed by atoms with Crippen LogP contribution < -0.4 is 4.74 Å². The van der Waals surface area contributed by atoms with Crippen LogP contribution in [0.2, 0.25) is 5.02 Å². The van der Waals surface area contributed by atoms with Crippen LogP contribution in [0.3, 0.4) is 0 Å². The van der Waals surface area contributed by atoms with Crippen molar-refractivity contribution in [3.8, 4) is 17.2 Å². The molecule has 0 bridgehead atoms. The Balaban J connectivity index is 1.63. The Morgan fingerprint density at radius 3 is 2.68 bits per heavy atom. The Labute approximate surface area is 166 Å². The predicted molar refractivity (Wildman–Crippen MR) is 105 cm³/mol. The molecule has 0 radical (unpaired) electrons. The molecule has 1 aromatic heterocycles. The van der Waals surface area contributed by atoms with Crippen molar-refractivity contribution in [3.63, 3.8) is 0 Å². The topological polar surface area (TPSA) is 78.2 Å². The third-order valence-corrected chi connectivity index (χ3v) is 5.27. The van der Waals surface area contributed by atoms with Gasteiger partial charge in [0, 0.05) is 40.5 Å². The van der Waals surface area contributed by atoms with Gasteiger partial charge < -0.3 is 14.9 Å². The molecule has 2 unspecified atom stereocenters. The first kappa shape index (κ1) is 16.9. The molecule has 0 spiro atoms. The largest absolute Gasteiger partial charge is 0.508 e. The molecular weight excluding hydrogens is 378 g/mol. The lowest BCUT2D eigenvalue weighted by Crippen LogP contribution is -2.33. The average molecular weight is 394 g/mol. The molecule has 140 valence electrons. The lowest BCUT2D eigenvalue weighted by atomic mass is 9.95. The maximum atomic E-state index is 10.3. The van der Waals surface area contributed by atoms with Gasteiger partial charge in [0.1, 0.15) is 17.2 Å². The number of fused-ring (bicyclic) bond motifs is 3. The maximum Gasteiger partial charge on any atom is 0.213 e. The van der Waals surface area contributed by atoms with Crippen molar-refractivity contribution in [1.29, 1.82) is 0 Å². The number of nitrogens with zero attached hydrogens (tertiary/aromatic N) is 3. The summed E-state index contributed by atoms with van der Waals surface area (Å²) < 4.78 is 6.25. The van der Waals surface area contributed by atoms with E-state index in [4.69, 9.17) is 21.4 Å². The third-order valence-electron chi connectivity index (χ3n) is 5.03. The Morgan fingerprint density at radius 2 is 1.86 bits per heavy atom. The highest BCUT2D eigenvalue weighted by Gasteiger charge is 2.41. The first-order chi connectivity index (χ1) is 13.6. The summed E-state index contributed by atoms with van der Waals surface area (Å²) in [5, 5.41) is 27.4. The zero-order valence-corrected chi connectivity index (χ0v) is 15.4. The number of hydrogen-bond donors (Lipinski definition) is 2. The highest BCUT2D eigenvalue weighted by atomic mass is 35.5. The molecule has 2 aliphatic rings. The summed E-state index contributed by atoms with van der Waals surface area (Å²) >= 11 is 6.23. The number of pyridine rings is 1. The van der Waals surface area contributed by atoms with Gasteiger partial charge in [-0.2, -0.15) is 5.10 Å². The number of aromatic nitrogens is 1. The van der Waals surface area contributed by atoms with Gasteiger partial charge in [0.15, 0.2) is 0 Å². The molecule has 0 fully saturated rings. The molecule has 0 saturated carbocycles. The zero-order chi connectivity index (χ0) is 19.3. The minimum atomic E-state index is -0.432. The molecule has 6 nitrogen and oxygen atoms in total. The Kier molecular flexibility index (Phi) is 3.87. The van der Waals surface area contributed by atoms with Crippen molar-refractivity contribution < 1.29 is 14.9 Å². The molecular formula is C21H16ClN3O3. The summed E-state index contributed by atoms with van der Waals surface area (Å²) in [7, 11) is 0. The molecule has 2 aliphatic heterocycles. The monoisotopic (exact) mass is 393 g/mol. The summed E-state index contributed by atoms with van der Waals surface area (Å²) in [4.78, 5) is 4.08. The van der Waals surface area contributed by atoms with E-state index >= 15 is 0 Å². The molecule has 3 heterocycles. The number of hydrazone groups is 1. The highest BCUT2D eigenvalue weighted by molar-refractivity contribution is 6.30. The number of phenolic OH excluding ortho intramolecular Hbond substituents is 2. The van der Waals surface area contributed by atoms with Crippen LogP contribution in [0.5, 0.6) is 17.2 Å². The van der Waals surface area contributed by atoms with E-state index in [-0.39, 0.29) is 17.5 Å². The van der Waals surface area contributed by atoms with Gasteiger partial charge in [-0.3, -0.25) is 4.98 Å². The molecule has 3 aromatic rings. The van der Waals surface area contributed by atoms with Gasteiger partial charge in [-0.05, 0) is 48.5 Å². The molecule has 28 heavy (non-hydrogen) atoms. The van der Waals surface area contributed by atoms with Crippen LogP contribution in [0.25, 0.3) is 0 Å². The standard InChI is InChI=1S/C21H16ClN3O3/c22-13-1-4-20-16(9-13)18-11-17(15-10-14(26)2-3-19(15)27)24-25(18)21(28-20)12-5-7-23-8-6-12/h1-10,18,21,26-27H,11H2. The third kappa shape index (κ3) is 2.73. The van der Waals surface area contributed by atoms with E-state index in [9.17, 15) is 10.2 Å². The van der Waals surface area contributed by atoms with Gasteiger partial charge in [-0.25, -0.2) is 5.01 Å². The van der Waals surface area contributed by atoms with Gasteiger partial charge in [-0.1, -0.05) is 11.6 Å². The molecule has 0 amide bonds. The van der Waals surface area contributed by atoms with Crippen LogP contribution in [-0.4, -0.2) is 25.9 Å². The number of hydrogen-bond acceptors (Lipinski definition) is 6. The summed E-state index contributed by atoms with van der Waals surface area (Å²) in [6.45, 7) is 0. The van der Waals surface area contributed by atoms with Crippen molar-refractivity contribution in [1.82, 2.24) is 9.99 Å². The van der Waals surface area contributed by atoms with E-state index in [1.54, 1.807) is 18.5 Å². The van der Waals surface area contributed by atoms with Crippen molar-refractivity contribution in [2.45, 2.75) is 18.7 Å². The minimum absolute atomic E-state index is 0.0732. The van der Waals surface area contributed by atoms with Crippen LogP contribution in [0.1, 0.15) is 35.4 Å². The maximum absolute atomic E-state index is 10.3. The second-order valence-corrected chi connectivity index (χ2v) is 7.22. The quantitative estimate of drug-likeness (QED) is 0.631. The van der Waals surface area contributed by atoms with Gasteiger partial charge in [0.05, 0.1) is 11.8 Å². The number of phenols is 2. The highest BCUT2D eigenvalue weighted by Crippen LogP contribution is 2.48. The molecule has 2 atom stereocenters. The first-order valence-corrected chi connectivity index (χ1v) is 9.22. The van der Waals surface area contributed by atoms with E-state index in [0.717, 1.165) is 16.9 Å². The fourth-order valence-electron chi connectivity index (χ4n) is 3.72. The Hall–Kier alpha value is -3.25. The lowest BCUT2D eigenvalue weighted by Gasteiger charge is -2.38. The number of ether oxygens (including phenoxy) is 1. The van der Waals surface area contributed by atoms with Crippen LogP contribution >= 0.6 is 11.6 Å². The van der Waals surface area contributed by atoms with Crippen molar-refractivity contribution in [2.24, 2.45) is 5.10 Å². The number of aromatic hydroxyl groups is 2. The van der Waals surface area contributed by atoms with E-state index in [1.165, 1.54) is 18.2 Å². The van der Waals surface area contributed by atoms with Gasteiger partial charge in [0.25, 0.3) is 0 Å². The summed E-state index contributed by atoms with van der Waals surface area (Å²) in [6, 6.07) is 13.7. The number of rotatable bonds is 2. The number of benzene rings is 2. The molecule has 2 aromatic carbocycles. The van der Waals surface area contributed by atoms with Gasteiger partial charge in [-0.15, -0.1) is 0 Å². The normalized spacial score (nSPS) is 20.2. The van der Waals surface area contributed by atoms with E-state index in [0.29, 0.717) is 22.7 Å². The second kappa shape index (κ2) is 6.42. The Morgan fingerprint density at radius 1 is 1.04 bits per heavy atom. The molecule has 5 rings (SSSR count). The summed E-state index contributed by atoms with van der Waals surface area (Å²) in [6.07, 6.45) is 3.55. The average Bonchev–Trinajstić information content (AvgIpc) is 3.15. The van der Waals surface area contributed by atoms with Crippen LogP contribution in [0.4, 0.5) is 0 Å². The number of halogens is 1. The fourth-order valence-corrected chi connectivity index (χ4v) is 3.90. The smallest absolute Gasteiger partial charge is 0.213 e. The van der Waals surface area contributed by atoms with Gasteiger partial charge >= 0.3 is 0 Å². The van der Waals surface area contributed by atoms with Crippen LogP contribution in [0.15, 0.2) is 66.0 Å². The SMILES string of the molecule is Oc1ccc(O)c(C2=NN3C(C2)c2cc(Cl)ccc2OC3c2ccncc2)c1. The van der Waals surface area contributed by atoms with Crippen molar-refractivity contribution in [2.75, 3.05) is 0 Å². The zero-order valence-electron chi connectivity index (χ0n) is 14.7. The van der Waals surface area contributed by atoms with E-state index in [2.05, 4.69) is 4.98 Å². The van der Waals surface area contributed by atoms with Crippen molar-refractivity contribution >= 4 is 17.3 Å². The van der Waals surface area contributed by atoms with Crippen LogP contribution in [-0.2, 0) is 0 Å². The van der Waals surface area contributed by atoms with E-state index < -0.39 is 6.23 Å². The first-order valence-electron chi connectivity index (χ1n) is 8.84. The second-order valence-electron chi connectivity index (χ2n) is 6.78. The van der Waals surface area contributed by atoms with Crippen molar-refractivity contribution in [3.05, 3.63) is 82.6 Å². The lowest BCUT2D eigenvalue weighted by molar-refractivity contribution is -0.0190. The summed E-state index contributed by atoms with van der Waals surface area (Å²) in [5.74, 6) is 0.902. The molecule has 0 aliphatic carbocycles. The van der Waals surface area contributed by atoms with Gasteiger partial charge in [0.2, 0.25) is 6.23 Å².